The van der Waals surface area contributed by atoms with Gasteiger partial charge in [-0.2, -0.15) is 0 Å². The van der Waals surface area contributed by atoms with Crippen molar-refractivity contribution in [3.63, 3.8) is 0 Å². The number of halogens is 2. The summed E-state index contributed by atoms with van der Waals surface area (Å²) in [6, 6.07) is 0.678. The number of hydrogen-bond acceptors (Lipinski definition) is 7. The van der Waals surface area contributed by atoms with Gasteiger partial charge >= 0.3 is 0 Å². The largest absolute Gasteiger partial charge is 0.379 e. The zero-order valence-electron chi connectivity index (χ0n) is 14.3. The van der Waals surface area contributed by atoms with Crippen LogP contribution in [0.4, 0.5) is 5.82 Å². The number of nitrogens with zero attached hydrogens (tertiary/aromatic N) is 3. The van der Waals surface area contributed by atoms with Crippen LogP contribution < -0.4 is 10.6 Å². The van der Waals surface area contributed by atoms with E-state index in [1.165, 1.54) is 11.3 Å². The number of ether oxygens (including phenoxy) is 2. The number of nitrogens with one attached hydrogen (secondary N) is 2. The molecule has 1 aromatic heterocycles. The van der Waals surface area contributed by atoms with Crippen LogP contribution >= 0.6 is 24.8 Å². The summed E-state index contributed by atoms with van der Waals surface area (Å²) in [5, 5.41) is 7.09. The molecule has 2 saturated heterocycles. The van der Waals surface area contributed by atoms with Crippen LogP contribution in [0, 0.1) is 0 Å². The molecule has 0 saturated carbocycles. The number of rotatable bonds is 3. The highest BCUT2D eigenvalue weighted by Gasteiger charge is 2.34. The van der Waals surface area contributed by atoms with Gasteiger partial charge in [-0.1, -0.05) is 0 Å². The van der Waals surface area contributed by atoms with Gasteiger partial charge in [0.15, 0.2) is 0 Å². The summed E-state index contributed by atoms with van der Waals surface area (Å²) in [4.78, 5) is 11.5. The first-order valence-corrected chi connectivity index (χ1v) is 8.61. The summed E-state index contributed by atoms with van der Waals surface area (Å²) in [5.74, 6) is 0.993. The van der Waals surface area contributed by atoms with E-state index >= 15 is 0 Å². The Morgan fingerprint density at radius 1 is 1.04 bits per heavy atom. The van der Waals surface area contributed by atoms with Crippen molar-refractivity contribution in [3.8, 4) is 0 Å². The highest BCUT2D eigenvalue weighted by atomic mass is 35.5. The van der Waals surface area contributed by atoms with Crippen LogP contribution in [0.25, 0.3) is 0 Å². The molecule has 0 aromatic carbocycles. The standard InChI is InChI=1S/C16H25N5O2.2ClH/c1-3-17-4-2-13-12(1)16(19-11-18-13)20-14-9-23-10-15(14)21-5-7-22-8-6-21;;/h11,14-15,17H,1-10H2,(H,18,19,20);2*1H/t14-,15-;;/m0../s1. The van der Waals surface area contributed by atoms with Crippen LogP contribution in [0.3, 0.4) is 0 Å². The summed E-state index contributed by atoms with van der Waals surface area (Å²) in [6.07, 6.45) is 3.64. The molecular formula is C16H27Cl2N5O2. The zero-order valence-corrected chi connectivity index (χ0v) is 15.9. The molecule has 7 nitrogen and oxygen atoms in total. The van der Waals surface area contributed by atoms with Gasteiger partial charge in [-0.25, -0.2) is 9.97 Å². The van der Waals surface area contributed by atoms with Crippen molar-refractivity contribution in [1.82, 2.24) is 20.2 Å². The lowest BCUT2D eigenvalue weighted by atomic mass is 10.1. The maximum atomic E-state index is 5.76. The molecule has 0 radical (unpaired) electrons. The van der Waals surface area contributed by atoms with Gasteiger partial charge in [-0.05, 0) is 13.0 Å². The summed E-state index contributed by atoms with van der Waals surface area (Å²) in [5.41, 5.74) is 2.44. The quantitative estimate of drug-likeness (QED) is 0.777. The zero-order chi connectivity index (χ0) is 15.5. The summed E-state index contributed by atoms with van der Waals surface area (Å²) >= 11 is 0. The fourth-order valence-electron chi connectivity index (χ4n) is 3.72. The molecule has 0 amide bonds. The minimum absolute atomic E-state index is 0. The van der Waals surface area contributed by atoms with E-state index in [1.54, 1.807) is 6.33 Å². The Morgan fingerprint density at radius 3 is 2.68 bits per heavy atom. The normalized spacial score (nSPS) is 26.7. The second kappa shape index (κ2) is 9.85. The third-order valence-corrected chi connectivity index (χ3v) is 5.01. The fraction of sp³-hybridized carbons (Fsp3) is 0.750. The smallest absolute Gasteiger partial charge is 0.133 e. The first kappa shape index (κ1) is 20.6. The summed E-state index contributed by atoms with van der Waals surface area (Å²) in [6.45, 7) is 7.10. The van der Waals surface area contributed by atoms with Crippen LogP contribution in [0.2, 0.25) is 0 Å². The SMILES string of the molecule is Cl.Cl.c1nc2c(c(N[C@H]3COC[C@@H]3N3CCOCC3)n1)CCNCC2. The van der Waals surface area contributed by atoms with Crippen molar-refractivity contribution in [1.29, 1.82) is 0 Å². The molecule has 0 unspecified atom stereocenters. The first-order valence-electron chi connectivity index (χ1n) is 8.61. The van der Waals surface area contributed by atoms with Gasteiger partial charge in [0, 0.05) is 31.6 Å². The lowest BCUT2D eigenvalue weighted by Crippen LogP contribution is -2.51. The van der Waals surface area contributed by atoms with E-state index < -0.39 is 0 Å². The number of fused-ring (bicyclic) bond motifs is 1. The summed E-state index contributed by atoms with van der Waals surface area (Å²) < 4.78 is 11.2. The molecule has 3 aliphatic rings. The number of morpholine rings is 1. The minimum Gasteiger partial charge on any atom is -0.379 e. The molecule has 9 heteroatoms. The summed E-state index contributed by atoms with van der Waals surface area (Å²) in [7, 11) is 0. The van der Waals surface area contributed by atoms with E-state index in [2.05, 4.69) is 25.5 Å². The molecule has 4 rings (SSSR count). The van der Waals surface area contributed by atoms with E-state index in [1.807, 2.05) is 0 Å². The van der Waals surface area contributed by atoms with E-state index in [-0.39, 0.29) is 30.9 Å². The molecule has 0 spiro atoms. The predicted molar refractivity (Wildman–Crippen MR) is 101 cm³/mol. The Morgan fingerprint density at radius 2 is 1.84 bits per heavy atom. The Kier molecular flexibility index (Phi) is 8.12. The van der Waals surface area contributed by atoms with Crippen molar-refractivity contribution in [2.45, 2.75) is 24.9 Å². The topological polar surface area (TPSA) is 71.5 Å². The molecule has 0 bridgehead atoms. The average Bonchev–Trinajstić information content (AvgIpc) is 2.91. The van der Waals surface area contributed by atoms with Gasteiger partial charge < -0.3 is 20.1 Å². The van der Waals surface area contributed by atoms with Crippen molar-refractivity contribution < 1.29 is 9.47 Å². The van der Waals surface area contributed by atoms with Crippen LogP contribution in [0.5, 0.6) is 0 Å². The second-order valence-corrected chi connectivity index (χ2v) is 6.40. The molecule has 1 aromatic rings. The first-order chi connectivity index (χ1) is 11.4. The maximum absolute atomic E-state index is 5.76. The number of anilines is 1. The van der Waals surface area contributed by atoms with Crippen molar-refractivity contribution in [2.75, 3.05) is 57.9 Å². The Labute approximate surface area is 161 Å². The average molecular weight is 392 g/mol. The van der Waals surface area contributed by atoms with Gasteiger partial charge in [0.1, 0.15) is 12.1 Å². The molecule has 2 fully saturated rings. The Balaban J connectivity index is 0.00000113. The van der Waals surface area contributed by atoms with Gasteiger partial charge in [0.25, 0.3) is 0 Å². The van der Waals surface area contributed by atoms with E-state index in [0.29, 0.717) is 6.04 Å². The van der Waals surface area contributed by atoms with E-state index in [9.17, 15) is 0 Å². The molecule has 2 N–H and O–H groups in total. The van der Waals surface area contributed by atoms with Gasteiger partial charge in [-0.15, -0.1) is 24.8 Å². The third kappa shape index (κ3) is 4.72. The molecule has 3 aliphatic heterocycles. The second-order valence-electron chi connectivity index (χ2n) is 6.40. The minimum atomic E-state index is 0. The van der Waals surface area contributed by atoms with Crippen LogP contribution in [-0.2, 0) is 22.3 Å². The van der Waals surface area contributed by atoms with Crippen molar-refractivity contribution in [3.05, 3.63) is 17.6 Å². The maximum Gasteiger partial charge on any atom is 0.133 e. The molecule has 25 heavy (non-hydrogen) atoms. The monoisotopic (exact) mass is 391 g/mol. The van der Waals surface area contributed by atoms with E-state index in [4.69, 9.17) is 9.47 Å². The van der Waals surface area contributed by atoms with Crippen molar-refractivity contribution in [2.24, 2.45) is 0 Å². The molecule has 4 heterocycles. The molecule has 142 valence electrons. The molecular weight excluding hydrogens is 365 g/mol. The number of hydrogen-bond donors (Lipinski definition) is 2. The fourth-order valence-corrected chi connectivity index (χ4v) is 3.72. The van der Waals surface area contributed by atoms with Gasteiger partial charge in [-0.3, -0.25) is 4.90 Å². The Bertz CT molecular complexity index is 545. The third-order valence-electron chi connectivity index (χ3n) is 5.01. The molecule has 2 atom stereocenters. The molecule has 0 aliphatic carbocycles. The lowest BCUT2D eigenvalue weighted by Gasteiger charge is -2.34. The Hall–Kier alpha value is -0.700. The number of aromatic nitrogens is 2. The van der Waals surface area contributed by atoms with Crippen LogP contribution in [0.15, 0.2) is 6.33 Å². The lowest BCUT2D eigenvalue weighted by molar-refractivity contribution is 0.0130. The highest BCUT2D eigenvalue weighted by molar-refractivity contribution is 5.85. The van der Waals surface area contributed by atoms with E-state index in [0.717, 1.165) is 71.3 Å². The highest BCUT2D eigenvalue weighted by Crippen LogP contribution is 2.23. The van der Waals surface area contributed by atoms with Crippen LogP contribution in [0.1, 0.15) is 11.3 Å². The predicted octanol–water partition coefficient (Wildman–Crippen LogP) is 0.520. The van der Waals surface area contributed by atoms with Crippen LogP contribution in [-0.4, -0.2) is 79.6 Å². The van der Waals surface area contributed by atoms with Gasteiger partial charge in [0.05, 0.1) is 44.2 Å². The van der Waals surface area contributed by atoms with Gasteiger partial charge in [0.2, 0.25) is 0 Å². The van der Waals surface area contributed by atoms with Crippen molar-refractivity contribution >= 4 is 30.6 Å².